The molecule has 1 aliphatic rings. The van der Waals surface area contributed by atoms with E-state index < -0.39 is 0 Å². The van der Waals surface area contributed by atoms with Crippen LogP contribution < -0.4 is 23.0 Å². The van der Waals surface area contributed by atoms with E-state index in [0.29, 0.717) is 4.48 Å². The van der Waals surface area contributed by atoms with Crippen molar-refractivity contribution < 1.29 is 31.6 Å². The number of benzene rings is 1. The van der Waals surface area contributed by atoms with Crippen LogP contribution in [0.15, 0.2) is 6.07 Å². The molecule has 0 aliphatic carbocycles. The van der Waals surface area contributed by atoms with Crippen molar-refractivity contribution in [1.82, 2.24) is 4.90 Å². The number of nitrogens with zero attached hydrogens (tertiary/aromatic N) is 2. The predicted octanol–water partition coefficient (Wildman–Crippen LogP) is -1.01. The highest BCUT2D eigenvalue weighted by molar-refractivity contribution is 6.41. The Morgan fingerprint density at radius 3 is 2.38 bits per heavy atom. The Balaban J connectivity index is 0.00000338. The van der Waals surface area contributed by atoms with E-state index in [-0.39, 0.29) is 57.9 Å². The summed E-state index contributed by atoms with van der Waals surface area (Å²) in [5.74, 6) is -0.932. The fourth-order valence-electron chi connectivity index (χ4n) is 2.74. The number of halogens is 3. The van der Waals surface area contributed by atoms with Gasteiger partial charge in [-0.2, -0.15) is 0 Å². The third kappa shape index (κ3) is 5.62. The third-order valence-corrected chi connectivity index (χ3v) is 5.00. The van der Waals surface area contributed by atoms with Gasteiger partial charge in [-0.3, -0.25) is 14.5 Å². The number of piperazine rings is 1. The third-order valence-electron chi connectivity index (χ3n) is 4.34. The first-order chi connectivity index (χ1) is 11.6. The topological polar surface area (TPSA) is 81.7 Å². The minimum absolute atomic E-state index is 0. The molecular formula is C16H23Cl3N4O3. The Bertz CT molecular complexity index is 692. The van der Waals surface area contributed by atoms with Crippen LogP contribution in [0.4, 0.5) is 11.4 Å². The lowest BCUT2D eigenvalue weighted by Crippen LogP contribution is -3.00. The first-order valence-corrected chi connectivity index (χ1v) is 8.67. The fraction of sp³-hybridized carbons (Fsp3) is 0.500. The number of hydrogen-bond donors (Lipinski definition) is 3. The van der Waals surface area contributed by atoms with Crippen molar-refractivity contribution in [2.24, 2.45) is 0 Å². The zero-order valence-electron chi connectivity index (χ0n) is 14.9. The highest BCUT2D eigenvalue weighted by atomic mass is 35.5. The van der Waals surface area contributed by atoms with Crippen molar-refractivity contribution in [3.05, 3.63) is 16.1 Å². The minimum atomic E-state index is -0.368. The summed E-state index contributed by atoms with van der Waals surface area (Å²) in [6.07, 6.45) is 0. The lowest BCUT2D eigenvalue weighted by molar-refractivity contribution is -0.905. The maximum atomic E-state index is 12.4. The highest BCUT2D eigenvalue weighted by Gasteiger charge is 2.30. The smallest absolute Gasteiger partial charge is 0.279 e. The lowest BCUT2D eigenvalue weighted by Gasteiger charge is -2.40. The van der Waals surface area contributed by atoms with Gasteiger partial charge < -0.3 is 32.6 Å². The first kappa shape index (κ1) is 22.8. The monoisotopic (exact) mass is 424 g/mol. The second-order valence-electron chi connectivity index (χ2n) is 6.70. The predicted molar refractivity (Wildman–Crippen MR) is 99.3 cm³/mol. The summed E-state index contributed by atoms with van der Waals surface area (Å²) in [5, 5.41) is 15.3. The number of amides is 2. The van der Waals surface area contributed by atoms with Crippen LogP contribution in [0.2, 0.25) is 10.0 Å². The molecule has 3 N–H and O–H groups in total. The zero-order valence-corrected chi connectivity index (χ0v) is 17.2. The van der Waals surface area contributed by atoms with Gasteiger partial charge in [0.1, 0.15) is 5.02 Å². The van der Waals surface area contributed by atoms with Crippen LogP contribution in [0, 0.1) is 0 Å². The molecule has 0 bridgehead atoms. The quantitative estimate of drug-likeness (QED) is 0.427. The Morgan fingerprint density at radius 1 is 1.27 bits per heavy atom. The normalized spacial score (nSPS) is 16.5. The molecule has 1 aliphatic heterocycles. The summed E-state index contributed by atoms with van der Waals surface area (Å²) >= 11 is 12.2. The summed E-state index contributed by atoms with van der Waals surface area (Å²) in [7, 11) is 4.09. The van der Waals surface area contributed by atoms with Crippen molar-refractivity contribution in [2.45, 2.75) is 6.92 Å². The second kappa shape index (κ2) is 9.10. The average molecular weight is 426 g/mol. The van der Waals surface area contributed by atoms with Crippen LogP contribution in [0.3, 0.4) is 0 Å². The average Bonchev–Trinajstić information content (AvgIpc) is 2.52. The van der Waals surface area contributed by atoms with Crippen LogP contribution in [-0.2, 0) is 9.59 Å². The molecule has 0 spiro atoms. The van der Waals surface area contributed by atoms with Gasteiger partial charge in [0.2, 0.25) is 5.91 Å². The molecular weight excluding hydrogens is 403 g/mol. The molecule has 2 rings (SSSR count). The number of anilines is 2. The molecule has 1 aromatic rings. The first-order valence-electron chi connectivity index (χ1n) is 7.92. The van der Waals surface area contributed by atoms with Crippen LogP contribution in [0.5, 0.6) is 5.75 Å². The molecule has 0 radical (unpaired) electrons. The van der Waals surface area contributed by atoms with Crippen LogP contribution in [0.25, 0.3) is 0 Å². The van der Waals surface area contributed by atoms with E-state index in [2.05, 4.69) is 22.6 Å². The van der Waals surface area contributed by atoms with E-state index in [4.69, 9.17) is 23.2 Å². The van der Waals surface area contributed by atoms with Gasteiger partial charge in [0, 0.05) is 20.0 Å². The van der Waals surface area contributed by atoms with Gasteiger partial charge >= 0.3 is 0 Å². The van der Waals surface area contributed by atoms with Gasteiger partial charge in [0.15, 0.2) is 12.3 Å². The number of phenols is 1. The Labute approximate surface area is 169 Å². The Morgan fingerprint density at radius 2 is 1.85 bits per heavy atom. The van der Waals surface area contributed by atoms with Crippen molar-refractivity contribution in [3.8, 4) is 5.75 Å². The van der Waals surface area contributed by atoms with E-state index in [0.717, 1.165) is 26.2 Å². The summed E-state index contributed by atoms with van der Waals surface area (Å²) in [5.41, 5.74) is 0.235. The maximum Gasteiger partial charge on any atom is 0.279 e. The van der Waals surface area contributed by atoms with Crippen molar-refractivity contribution >= 4 is 46.4 Å². The zero-order chi connectivity index (χ0) is 18.8. The SMILES string of the molecule is CC(=O)Nc1c(Cl)cc(NC(=O)C[N+]2(C)CCN(C)CC2)c(O)c1Cl.[Cl-]. The van der Waals surface area contributed by atoms with Crippen LogP contribution in [-0.4, -0.2) is 73.1 Å². The Hall–Kier alpha value is -1.25. The van der Waals surface area contributed by atoms with Gasteiger partial charge in [-0.25, -0.2) is 0 Å². The molecule has 0 unspecified atom stereocenters. The molecule has 0 saturated carbocycles. The summed E-state index contributed by atoms with van der Waals surface area (Å²) in [6.45, 7) is 5.20. The van der Waals surface area contributed by atoms with E-state index >= 15 is 0 Å². The van der Waals surface area contributed by atoms with Crippen molar-refractivity contribution in [3.63, 3.8) is 0 Å². The summed E-state index contributed by atoms with van der Waals surface area (Å²) < 4.78 is 0.627. The van der Waals surface area contributed by atoms with Gasteiger partial charge in [0.25, 0.3) is 5.91 Å². The maximum absolute atomic E-state index is 12.4. The second-order valence-corrected chi connectivity index (χ2v) is 7.49. The Kier molecular flexibility index (Phi) is 7.98. The number of quaternary nitrogens is 1. The van der Waals surface area contributed by atoms with Crippen LogP contribution in [0.1, 0.15) is 6.92 Å². The standard InChI is InChI=1S/C16H22Cl2N4O3.ClH/c1-10(23)19-15-11(17)8-12(16(25)14(15)18)20-13(24)9-22(3)6-4-21(2)5-7-22;/h8H,4-7,9H2,1-3H3,(H2-,19,20,23,24,25);1H. The molecule has 1 heterocycles. The lowest BCUT2D eigenvalue weighted by atomic mass is 10.2. The van der Waals surface area contributed by atoms with E-state index in [9.17, 15) is 14.7 Å². The van der Waals surface area contributed by atoms with Crippen LogP contribution >= 0.6 is 23.2 Å². The summed E-state index contributed by atoms with van der Waals surface area (Å²) in [6, 6.07) is 1.37. The number of rotatable bonds is 4. The number of nitrogens with one attached hydrogen (secondary N) is 2. The molecule has 146 valence electrons. The minimum Gasteiger partial charge on any atom is -1.00 e. The number of aromatic hydroxyl groups is 1. The summed E-state index contributed by atoms with van der Waals surface area (Å²) in [4.78, 5) is 25.8. The fourth-order valence-corrected chi connectivity index (χ4v) is 3.29. The molecule has 10 heteroatoms. The van der Waals surface area contributed by atoms with Gasteiger partial charge in [-0.1, -0.05) is 23.2 Å². The number of hydrogen-bond acceptors (Lipinski definition) is 4. The number of phenolic OH excluding ortho intramolecular Hbond substituents is 1. The largest absolute Gasteiger partial charge is 1.00 e. The molecule has 7 nitrogen and oxygen atoms in total. The van der Waals surface area contributed by atoms with Crippen molar-refractivity contribution in [2.75, 3.05) is 57.5 Å². The molecule has 1 fully saturated rings. The van der Waals surface area contributed by atoms with Gasteiger partial charge in [-0.05, 0) is 13.1 Å². The van der Waals surface area contributed by atoms with Gasteiger partial charge in [0.05, 0.1) is 36.5 Å². The van der Waals surface area contributed by atoms with E-state index in [1.807, 2.05) is 7.05 Å². The molecule has 0 atom stereocenters. The molecule has 0 aromatic heterocycles. The molecule has 26 heavy (non-hydrogen) atoms. The highest BCUT2D eigenvalue weighted by Crippen LogP contribution is 2.42. The van der Waals surface area contributed by atoms with E-state index in [1.165, 1.54) is 13.0 Å². The molecule has 1 aromatic carbocycles. The number of likely N-dealkylation sites (N-methyl/N-ethyl adjacent to an activating group) is 2. The number of carbonyl (C=O) groups excluding carboxylic acids is 2. The molecule has 1 saturated heterocycles. The van der Waals surface area contributed by atoms with Crippen molar-refractivity contribution in [1.29, 1.82) is 0 Å². The van der Waals surface area contributed by atoms with Gasteiger partial charge in [-0.15, -0.1) is 0 Å². The number of carbonyl (C=O) groups is 2. The van der Waals surface area contributed by atoms with E-state index in [1.54, 1.807) is 0 Å². The molecule has 2 amide bonds.